The van der Waals surface area contributed by atoms with Gasteiger partial charge < -0.3 is 10.4 Å². The van der Waals surface area contributed by atoms with Crippen LogP contribution in [-0.4, -0.2) is 17.5 Å². The number of carbonyl (C=O) groups excluding carboxylic acids is 1. The van der Waals surface area contributed by atoms with E-state index in [9.17, 15) is 18.4 Å². The van der Waals surface area contributed by atoms with E-state index in [1.807, 2.05) is 0 Å². The zero-order chi connectivity index (χ0) is 12.8. The molecule has 92 valence electrons. The first-order valence-corrected chi connectivity index (χ1v) is 4.84. The van der Waals surface area contributed by atoms with E-state index in [4.69, 9.17) is 5.11 Å². The maximum absolute atomic E-state index is 12.5. The number of aliphatic carboxylic acids is 1. The number of carboxylic acid groups (broad SMARTS) is 1. The molecular weight excluding hydrogens is 232 g/mol. The molecule has 0 heterocycles. The molecule has 0 aliphatic rings. The fraction of sp³-hybridized carbons (Fsp3) is 0.273. The van der Waals surface area contributed by atoms with E-state index in [0.29, 0.717) is 12.0 Å². The number of alkyl halides is 2. The Bertz CT molecular complexity index is 409. The Balaban J connectivity index is 2.96. The molecule has 17 heavy (non-hydrogen) atoms. The minimum absolute atomic E-state index is 0.203. The maximum Gasteiger partial charge on any atom is 0.305 e. The van der Waals surface area contributed by atoms with Crippen LogP contribution in [0.5, 0.6) is 0 Å². The Labute approximate surface area is 96.3 Å². The molecule has 4 nitrogen and oxygen atoms in total. The summed E-state index contributed by atoms with van der Waals surface area (Å²) in [5, 5.41) is 10.9. The van der Waals surface area contributed by atoms with Crippen molar-refractivity contribution in [1.29, 1.82) is 0 Å². The van der Waals surface area contributed by atoms with Crippen molar-refractivity contribution in [2.75, 3.05) is 0 Å². The number of hydrogen-bond acceptors (Lipinski definition) is 2. The van der Waals surface area contributed by atoms with Crippen molar-refractivity contribution in [1.82, 2.24) is 5.32 Å². The van der Waals surface area contributed by atoms with Crippen molar-refractivity contribution in [3.05, 3.63) is 35.4 Å². The zero-order valence-electron chi connectivity index (χ0n) is 8.77. The summed E-state index contributed by atoms with van der Waals surface area (Å²) in [6.45, 7) is 0. The molecule has 1 atom stereocenters. The molecule has 2 N–H and O–H groups in total. The van der Waals surface area contributed by atoms with Crippen LogP contribution in [0.4, 0.5) is 8.78 Å². The normalized spacial score (nSPS) is 12.2. The quantitative estimate of drug-likeness (QED) is 0.750. The summed E-state index contributed by atoms with van der Waals surface area (Å²) in [6.07, 6.45) is -2.63. The topological polar surface area (TPSA) is 66.4 Å². The van der Waals surface area contributed by atoms with Gasteiger partial charge in [0.25, 0.3) is 6.43 Å². The van der Waals surface area contributed by atoms with Gasteiger partial charge in [-0.25, -0.2) is 8.78 Å². The van der Waals surface area contributed by atoms with Gasteiger partial charge in [-0.2, -0.15) is 0 Å². The van der Waals surface area contributed by atoms with Gasteiger partial charge in [0.05, 0.1) is 12.5 Å². The minimum Gasteiger partial charge on any atom is -0.481 e. The first-order chi connectivity index (χ1) is 8.04. The molecule has 1 unspecified atom stereocenters. The lowest BCUT2D eigenvalue weighted by atomic mass is 10.0. The van der Waals surface area contributed by atoms with Crippen LogP contribution in [-0.2, 0) is 9.59 Å². The van der Waals surface area contributed by atoms with Crippen LogP contribution < -0.4 is 5.32 Å². The van der Waals surface area contributed by atoms with Crippen molar-refractivity contribution >= 4 is 12.4 Å². The number of amides is 1. The molecule has 1 amide bonds. The Morgan fingerprint density at radius 1 is 1.41 bits per heavy atom. The maximum atomic E-state index is 12.5. The molecule has 0 aliphatic carbocycles. The molecule has 0 aromatic heterocycles. The predicted octanol–water partition coefficient (Wildman–Crippen LogP) is 1.89. The van der Waals surface area contributed by atoms with Gasteiger partial charge in [0.1, 0.15) is 0 Å². The Morgan fingerprint density at radius 3 is 2.59 bits per heavy atom. The predicted molar refractivity (Wildman–Crippen MR) is 55.6 cm³/mol. The van der Waals surface area contributed by atoms with E-state index < -0.39 is 18.4 Å². The highest BCUT2D eigenvalue weighted by molar-refractivity contribution is 5.68. The summed E-state index contributed by atoms with van der Waals surface area (Å²) in [6, 6.07) is 4.53. The second-order valence-corrected chi connectivity index (χ2v) is 3.41. The Morgan fingerprint density at radius 2 is 2.06 bits per heavy atom. The largest absolute Gasteiger partial charge is 0.481 e. The van der Waals surface area contributed by atoms with Gasteiger partial charge in [-0.15, -0.1) is 0 Å². The van der Waals surface area contributed by atoms with E-state index in [1.165, 1.54) is 24.3 Å². The molecule has 1 aromatic rings. The summed E-state index contributed by atoms with van der Waals surface area (Å²) in [5.41, 5.74) is 0.142. The minimum atomic E-state index is -2.63. The van der Waals surface area contributed by atoms with Gasteiger partial charge in [0, 0.05) is 5.56 Å². The van der Waals surface area contributed by atoms with E-state index in [1.54, 1.807) is 0 Å². The lowest BCUT2D eigenvalue weighted by Crippen LogP contribution is -2.22. The monoisotopic (exact) mass is 243 g/mol. The summed E-state index contributed by atoms with van der Waals surface area (Å²) in [4.78, 5) is 20.9. The number of hydrogen-bond donors (Lipinski definition) is 2. The first kappa shape index (κ1) is 13.1. The van der Waals surface area contributed by atoms with Crippen LogP contribution in [0.2, 0.25) is 0 Å². The Kier molecular flexibility index (Phi) is 4.56. The van der Waals surface area contributed by atoms with E-state index in [2.05, 4.69) is 5.32 Å². The number of carbonyl (C=O) groups is 2. The summed E-state index contributed by atoms with van der Waals surface area (Å²) >= 11 is 0. The van der Waals surface area contributed by atoms with Crippen molar-refractivity contribution in [2.45, 2.75) is 18.9 Å². The van der Waals surface area contributed by atoms with Crippen LogP contribution in [0.15, 0.2) is 24.3 Å². The average molecular weight is 243 g/mol. The molecule has 0 saturated carbocycles. The number of rotatable bonds is 6. The lowest BCUT2D eigenvalue weighted by molar-refractivity contribution is -0.137. The second-order valence-electron chi connectivity index (χ2n) is 3.41. The summed E-state index contributed by atoms with van der Waals surface area (Å²) < 4.78 is 24.9. The molecule has 0 aliphatic heterocycles. The average Bonchev–Trinajstić information content (AvgIpc) is 2.28. The highest BCUT2D eigenvalue weighted by Crippen LogP contribution is 2.23. The van der Waals surface area contributed by atoms with E-state index >= 15 is 0 Å². The third-order valence-corrected chi connectivity index (χ3v) is 2.21. The van der Waals surface area contributed by atoms with Crippen LogP contribution in [0.3, 0.4) is 0 Å². The van der Waals surface area contributed by atoms with Gasteiger partial charge in [-0.3, -0.25) is 9.59 Å². The summed E-state index contributed by atoms with van der Waals surface area (Å²) in [5.74, 6) is -1.12. The standard InChI is InChI=1S/C11H11F2NO3/c12-11(13)8-3-1-2-7(4-8)9(14-6-15)5-10(16)17/h1-4,6,9,11H,5H2,(H,14,15)(H,16,17). The SMILES string of the molecule is O=CNC(CC(=O)O)c1cccc(C(F)F)c1. The molecule has 6 heteroatoms. The van der Waals surface area contributed by atoms with Crippen LogP contribution in [0.1, 0.15) is 30.0 Å². The number of carboxylic acids is 1. The second kappa shape index (κ2) is 5.93. The van der Waals surface area contributed by atoms with Crippen molar-refractivity contribution < 1.29 is 23.5 Å². The fourth-order valence-corrected chi connectivity index (χ4v) is 1.44. The van der Waals surface area contributed by atoms with Gasteiger partial charge in [-0.05, 0) is 11.6 Å². The number of benzene rings is 1. The van der Waals surface area contributed by atoms with Gasteiger partial charge in [-0.1, -0.05) is 18.2 Å². The molecule has 0 radical (unpaired) electrons. The van der Waals surface area contributed by atoms with E-state index in [-0.39, 0.29) is 12.0 Å². The Hall–Kier alpha value is -1.98. The number of halogens is 2. The van der Waals surface area contributed by atoms with E-state index in [0.717, 1.165) is 0 Å². The van der Waals surface area contributed by atoms with Crippen LogP contribution in [0.25, 0.3) is 0 Å². The van der Waals surface area contributed by atoms with Crippen molar-refractivity contribution in [3.63, 3.8) is 0 Å². The smallest absolute Gasteiger partial charge is 0.305 e. The van der Waals surface area contributed by atoms with Crippen LogP contribution >= 0.6 is 0 Å². The molecular formula is C11H11F2NO3. The third kappa shape index (κ3) is 3.82. The molecule has 1 aromatic carbocycles. The highest BCUT2D eigenvalue weighted by atomic mass is 19.3. The van der Waals surface area contributed by atoms with Crippen molar-refractivity contribution in [2.24, 2.45) is 0 Å². The van der Waals surface area contributed by atoms with Gasteiger partial charge in [0.15, 0.2) is 0 Å². The van der Waals surface area contributed by atoms with Crippen molar-refractivity contribution in [3.8, 4) is 0 Å². The molecule has 0 fully saturated rings. The van der Waals surface area contributed by atoms with Crippen LogP contribution in [0, 0.1) is 0 Å². The third-order valence-electron chi connectivity index (χ3n) is 2.21. The lowest BCUT2D eigenvalue weighted by Gasteiger charge is -2.15. The number of nitrogens with one attached hydrogen (secondary N) is 1. The highest BCUT2D eigenvalue weighted by Gasteiger charge is 2.16. The first-order valence-electron chi connectivity index (χ1n) is 4.84. The molecule has 1 rings (SSSR count). The zero-order valence-corrected chi connectivity index (χ0v) is 8.77. The van der Waals surface area contributed by atoms with Gasteiger partial charge in [0.2, 0.25) is 6.41 Å². The molecule has 0 bridgehead atoms. The molecule has 0 saturated heterocycles. The molecule has 0 spiro atoms. The fourth-order valence-electron chi connectivity index (χ4n) is 1.44. The van der Waals surface area contributed by atoms with Gasteiger partial charge >= 0.3 is 5.97 Å². The summed E-state index contributed by atoms with van der Waals surface area (Å²) in [7, 11) is 0.